The smallest absolute Gasteiger partial charge is 0.336 e. The van der Waals surface area contributed by atoms with Crippen LogP contribution in [0.25, 0.3) is 10.8 Å². The summed E-state index contributed by atoms with van der Waals surface area (Å²) < 4.78 is 0. The van der Waals surface area contributed by atoms with E-state index in [1.807, 2.05) is 48.5 Å². The average molecular weight is 308 g/mol. The molecule has 2 N–H and O–H groups in total. The highest BCUT2D eigenvalue weighted by Crippen LogP contribution is 2.17. The molecule has 0 spiro atoms. The summed E-state index contributed by atoms with van der Waals surface area (Å²) in [5.74, 6) is -1.66. The number of hydrogen-bond acceptors (Lipinski definition) is 2. The van der Waals surface area contributed by atoms with Crippen LogP contribution in [0, 0.1) is 0 Å². The lowest BCUT2D eigenvalue weighted by Gasteiger charge is -2.00. The fourth-order valence-electron chi connectivity index (χ4n) is 2.18. The summed E-state index contributed by atoms with van der Waals surface area (Å²) in [6, 6.07) is 21.9. The molecule has 0 aliphatic heterocycles. The lowest BCUT2D eigenvalue weighted by atomic mass is 10.1. The minimum Gasteiger partial charge on any atom is -0.481 e. The number of aliphatic carboxylic acids is 1. The fourth-order valence-corrected chi connectivity index (χ4v) is 2.18. The second kappa shape index (κ2) is 7.75. The van der Waals surface area contributed by atoms with Crippen molar-refractivity contribution in [1.82, 2.24) is 0 Å². The van der Waals surface area contributed by atoms with Gasteiger partial charge in [-0.3, -0.25) is 4.79 Å². The van der Waals surface area contributed by atoms with Gasteiger partial charge in [0.05, 0.1) is 12.0 Å². The van der Waals surface area contributed by atoms with Crippen molar-refractivity contribution in [2.24, 2.45) is 0 Å². The zero-order valence-electron chi connectivity index (χ0n) is 12.3. The zero-order valence-corrected chi connectivity index (χ0v) is 12.3. The highest BCUT2D eigenvalue weighted by atomic mass is 16.4. The molecule has 0 aliphatic carbocycles. The molecule has 23 heavy (non-hydrogen) atoms. The molecule has 0 bridgehead atoms. The number of hydrogen-bond donors (Lipinski definition) is 2. The van der Waals surface area contributed by atoms with Crippen molar-refractivity contribution < 1.29 is 19.8 Å². The van der Waals surface area contributed by atoms with E-state index in [1.54, 1.807) is 24.3 Å². The summed E-state index contributed by atoms with van der Waals surface area (Å²) in [7, 11) is 0. The summed E-state index contributed by atoms with van der Waals surface area (Å²) >= 11 is 0. The maximum Gasteiger partial charge on any atom is 0.336 e. The second-order valence-corrected chi connectivity index (χ2v) is 4.89. The summed E-state index contributed by atoms with van der Waals surface area (Å²) in [6.07, 6.45) is 0.112. The van der Waals surface area contributed by atoms with Crippen molar-refractivity contribution in [3.05, 3.63) is 83.9 Å². The summed E-state index contributed by atoms with van der Waals surface area (Å²) in [4.78, 5) is 21.0. The fraction of sp³-hybridized carbons (Fsp3) is 0.0526. The van der Waals surface area contributed by atoms with E-state index < -0.39 is 11.9 Å². The van der Waals surface area contributed by atoms with Crippen molar-refractivity contribution in [2.75, 3.05) is 0 Å². The van der Waals surface area contributed by atoms with E-state index in [0.717, 1.165) is 16.3 Å². The molecule has 3 aromatic rings. The molecule has 4 nitrogen and oxygen atoms in total. The molecule has 0 aliphatic rings. The standard InChI is InChI=1S/C11H8O2.C8H8O2/c12-11(13)10-7-3-5-8-4-1-2-6-9(8)10;9-8(10)6-7-4-2-1-3-5-7/h1-7H,(H,12,13);1-5H,6H2,(H,9,10). The first-order valence-electron chi connectivity index (χ1n) is 7.04. The number of carboxylic acids is 2. The van der Waals surface area contributed by atoms with Crippen molar-refractivity contribution in [1.29, 1.82) is 0 Å². The summed E-state index contributed by atoms with van der Waals surface area (Å²) in [6.45, 7) is 0. The molecule has 3 aromatic carbocycles. The number of rotatable bonds is 3. The molecule has 0 saturated carbocycles. The van der Waals surface area contributed by atoms with E-state index in [-0.39, 0.29) is 6.42 Å². The molecule has 116 valence electrons. The molecule has 4 heteroatoms. The third-order valence-electron chi connectivity index (χ3n) is 3.22. The molecule has 0 aromatic heterocycles. The third kappa shape index (κ3) is 4.68. The predicted molar refractivity (Wildman–Crippen MR) is 88.7 cm³/mol. The Balaban J connectivity index is 0.000000174. The minimum atomic E-state index is -0.878. The van der Waals surface area contributed by atoms with Gasteiger partial charge in [0.1, 0.15) is 0 Å². The topological polar surface area (TPSA) is 74.6 Å². The number of carbonyl (C=O) groups is 2. The molecule has 0 saturated heterocycles. The molecule has 0 unspecified atom stereocenters. The molecular formula is C19H16O4. The highest BCUT2D eigenvalue weighted by molar-refractivity contribution is 6.03. The van der Waals surface area contributed by atoms with E-state index in [1.165, 1.54) is 0 Å². The van der Waals surface area contributed by atoms with Crippen LogP contribution < -0.4 is 0 Å². The van der Waals surface area contributed by atoms with Gasteiger partial charge < -0.3 is 10.2 Å². The normalized spacial score (nSPS) is 9.74. The van der Waals surface area contributed by atoms with Gasteiger partial charge in [-0.05, 0) is 22.4 Å². The molecule has 0 radical (unpaired) electrons. The van der Waals surface area contributed by atoms with Gasteiger partial charge in [-0.25, -0.2) is 4.79 Å². The maximum absolute atomic E-state index is 10.8. The van der Waals surface area contributed by atoms with Gasteiger partial charge in [-0.2, -0.15) is 0 Å². The number of benzene rings is 3. The van der Waals surface area contributed by atoms with Gasteiger partial charge in [0.2, 0.25) is 0 Å². The number of fused-ring (bicyclic) bond motifs is 1. The van der Waals surface area contributed by atoms with Gasteiger partial charge in [0, 0.05) is 0 Å². The number of aromatic carboxylic acids is 1. The largest absolute Gasteiger partial charge is 0.481 e. The van der Waals surface area contributed by atoms with Crippen LogP contribution in [0.15, 0.2) is 72.8 Å². The van der Waals surface area contributed by atoms with E-state index in [2.05, 4.69) is 0 Å². The Hall–Kier alpha value is -3.14. The van der Waals surface area contributed by atoms with Crippen LogP contribution >= 0.6 is 0 Å². The van der Waals surface area contributed by atoms with Gasteiger partial charge in [0.15, 0.2) is 0 Å². The van der Waals surface area contributed by atoms with Crippen LogP contribution in [-0.2, 0) is 11.2 Å². The first kappa shape index (κ1) is 16.2. The lowest BCUT2D eigenvalue weighted by Crippen LogP contribution is -1.98. The van der Waals surface area contributed by atoms with Crippen molar-refractivity contribution in [3.63, 3.8) is 0 Å². The van der Waals surface area contributed by atoms with Crippen molar-refractivity contribution >= 4 is 22.7 Å². The second-order valence-electron chi connectivity index (χ2n) is 4.89. The SMILES string of the molecule is O=C(O)Cc1ccccc1.O=C(O)c1cccc2ccccc12. The molecule has 0 amide bonds. The minimum absolute atomic E-state index is 0.112. The first-order chi connectivity index (χ1) is 11.1. The van der Waals surface area contributed by atoms with Crippen LogP contribution in [0.3, 0.4) is 0 Å². The Morgan fingerprint density at radius 2 is 1.35 bits per heavy atom. The van der Waals surface area contributed by atoms with Crippen molar-refractivity contribution in [2.45, 2.75) is 6.42 Å². The Labute approximate surface area is 133 Å². The van der Waals surface area contributed by atoms with E-state index in [9.17, 15) is 9.59 Å². The van der Waals surface area contributed by atoms with Gasteiger partial charge in [-0.15, -0.1) is 0 Å². The predicted octanol–water partition coefficient (Wildman–Crippen LogP) is 3.85. The highest BCUT2D eigenvalue weighted by Gasteiger charge is 2.05. The van der Waals surface area contributed by atoms with E-state index in [4.69, 9.17) is 10.2 Å². The number of carboxylic acid groups (broad SMARTS) is 2. The third-order valence-corrected chi connectivity index (χ3v) is 3.22. The van der Waals surface area contributed by atoms with Gasteiger partial charge in [-0.1, -0.05) is 66.7 Å². The van der Waals surface area contributed by atoms with Crippen LogP contribution in [0.5, 0.6) is 0 Å². The Morgan fingerprint density at radius 3 is 2.00 bits per heavy atom. The monoisotopic (exact) mass is 308 g/mol. The van der Waals surface area contributed by atoms with Crippen LogP contribution in [0.4, 0.5) is 0 Å². The van der Waals surface area contributed by atoms with Gasteiger partial charge >= 0.3 is 11.9 Å². The quantitative estimate of drug-likeness (QED) is 0.770. The van der Waals surface area contributed by atoms with Crippen LogP contribution in [-0.4, -0.2) is 22.2 Å². The summed E-state index contributed by atoms with van der Waals surface area (Å²) in [5.41, 5.74) is 1.20. The average Bonchev–Trinajstić information content (AvgIpc) is 2.55. The Kier molecular flexibility index (Phi) is 5.47. The molecule has 3 rings (SSSR count). The molecule has 0 atom stereocenters. The van der Waals surface area contributed by atoms with Gasteiger partial charge in [0.25, 0.3) is 0 Å². The summed E-state index contributed by atoms with van der Waals surface area (Å²) in [5, 5.41) is 19.0. The first-order valence-corrected chi connectivity index (χ1v) is 7.04. The molecular weight excluding hydrogens is 292 g/mol. The maximum atomic E-state index is 10.8. The van der Waals surface area contributed by atoms with E-state index >= 15 is 0 Å². The van der Waals surface area contributed by atoms with E-state index in [0.29, 0.717) is 5.56 Å². The lowest BCUT2D eigenvalue weighted by molar-refractivity contribution is -0.136. The van der Waals surface area contributed by atoms with Crippen molar-refractivity contribution in [3.8, 4) is 0 Å². The molecule has 0 heterocycles. The zero-order chi connectivity index (χ0) is 16.7. The van der Waals surface area contributed by atoms with Crippen LogP contribution in [0.2, 0.25) is 0 Å². The Bertz CT molecular complexity index is 804. The van der Waals surface area contributed by atoms with Crippen LogP contribution in [0.1, 0.15) is 15.9 Å². The Morgan fingerprint density at radius 1 is 0.739 bits per heavy atom. The molecule has 0 fully saturated rings.